The van der Waals surface area contributed by atoms with Crippen LogP contribution in [0, 0.1) is 6.92 Å². The fourth-order valence-corrected chi connectivity index (χ4v) is 1.10. The number of aryl methyl sites for hydroxylation is 1. The minimum atomic E-state index is 0.641. The molecule has 0 radical (unpaired) electrons. The summed E-state index contributed by atoms with van der Waals surface area (Å²) in [6.45, 7) is 1.91. The lowest BCUT2D eigenvalue weighted by molar-refractivity contribution is -0.625. The summed E-state index contributed by atoms with van der Waals surface area (Å²) in [6, 6.07) is 0. The summed E-state index contributed by atoms with van der Waals surface area (Å²) in [4.78, 5) is 0. The van der Waals surface area contributed by atoms with E-state index in [1.54, 1.807) is 0 Å². The Labute approximate surface area is 51.5 Å². The number of thiazole rings is 1. The van der Waals surface area contributed by atoms with Gasteiger partial charge in [-0.3, -0.25) is 11.6 Å². The van der Waals surface area contributed by atoms with Gasteiger partial charge in [0.1, 0.15) is 5.69 Å². The average molecular weight is 130 g/mol. The van der Waals surface area contributed by atoms with Crippen molar-refractivity contribution in [3.05, 3.63) is 11.1 Å². The van der Waals surface area contributed by atoms with Crippen LogP contribution in [0.15, 0.2) is 5.38 Å². The number of rotatable bonds is 0. The molecular formula is C4H8N3S+. The van der Waals surface area contributed by atoms with Crippen molar-refractivity contribution in [2.45, 2.75) is 6.92 Å². The highest BCUT2D eigenvalue weighted by atomic mass is 32.1. The molecule has 1 aromatic heterocycles. The van der Waals surface area contributed by atoms with Crippen molar-refractivity contribution in [1.29, 1.82) is 0 Å². The van der Waals surface area contributed by atoms with Crippen molar-refractivity contribution in [3.8, 4) is 0 Å². The molecule has 0 aliphatic heterocycles. The second-order valence-corrected chi connectivity index (χ2v) is 2.48. The van der Waals surface area contributed by atoms with E-state index in [0.717, 1.165) is 5.69 Å². The monoisotopic (exact) mass is 130 g/mol. The Kier molecular flexibility index (Phi) is 1.09. The topological polar surface area (TPSA) is 55.9 Å². The Morgan fingerprint density at radius 3 is 2.50 bits per heavy atom. The normalized spacial score (nSPS) is 9.62. The molecule has 0 unspecified atom stereocenters. The number of hydrogen-bond acceptors (Lipinski definition) is 3. The van der Waals surface area contributed by atoms with Gasteiger partial charge >= 0.3 is 5.13 Å². The van der Waals surface area contributed by atoms with Crippen molar-refractivity contribution >= 4 is 16.5 Å². The third-order valence-electron chi connectivity index (χ3n) is 0.968. The van der Waals surface area contributed by atoms with Crippen LogP contribution in [-0.2, 0) is 0 Å². The lowest BCUT2D eigenvalue weighted by Crippen LogP contribution is -2.47. The second-order valence-electron chi connectivity index (χ2n) is 1.59. The lowest BCUT2D eigenvalue weighted by Gasteiger charge is -1.84. The molecule has 0 aliphatic carbocycles. The Morgan fingerprint density at radius 1 is 1.75 bits per heavy atom. The molecule has 4 heteroatoms. The molecule has 0 atom stereocenters. The van der Waals surface area contributed by atoms with Gasteiger partial charge in [0.15, 0.2) is 0 Å². The first-order valence-electron chi connectivity index (χ1n) is 2.22. The summed E-state index contributed by atoms with van der Waals surface area (Å²) in [5.41, 5.74) is 6.39. The van der Waals surface area contributed by atoms with Gasteiger partial charge < -0.3 is 0 Å². The third kappa shape index (κ3) is 0.626. The Morgan fingerprint density at radius 2 is 2.38 bits per heavy atom. The molecule has 1 rings (SSSR count). The summed E-state index contributed by atoms with van der Waals surface area (Å²) in [5.74, 6) is 5.40. The van der Waals surface area contributed by atoms with Crippen molar-refractivity contribution in [2.24, 2.45) is 0 Å². The molecule has 0 aromatic carbocycles. The number of nitrogen functional groups attached to an aromatic ring is 2. The van der Waals surface area contributed by atoms with Crippen LogP contribution in [0.4, 0.5) is 5.13 Å². The van der Waals surface area contributed by atoms with Gasteiger partial charge in [0, 0.05) is 12.3 Å². The minimum absolute atomic E-state index is 0.641. The molecule has 4 N–H and O–H groups in total. The maximum Gasteiger partial charge on any atom is 0.355 e. The fraction of sp³-hybridized carbons (Fsp3) is 0.250. The SMILES string of the molecule is Cc1csc(N)[n+]1N. The molecule has 44 valence electrons. The molecule has 0 spiro atoms. The standard InChI is InChI=1S/C4H7N3S/c1-3-2-8-4(5)7(3)6/h2,5H,6H2,1H3/p+1. The van der Waals surface area contributed by atoms with Crippen LogP contribution >= 0.6 is 11.3 Å². The molecule has 3 nitrogen and oxygen atoms in total. The number of nitrogens with two attached hydrogens (primary N) is 2. The highest BCUT2D eigenvalue weighted by molar-refractivity contribution is 7.13. The molecule has 0 aliphatic rings. The number of hydrogen-bond donors (Lipinski definition) is 2. The highest BCUT2D eigenvalue weighted by Gasteiger charge is 2.04. The van der Waals surface area contributed by atoms with Crippen molar-refractivity contribution in [3.63, 3.8) is 0 Å². The van der Waals surface area contributed by atoms with Crippen LogP contribution in [-0.4, -0.2) is 0 Å². The van der Waals surface area contributed by atoms with Gasteiger partial charge in [-0.2, -0.15) is 0 Å². The molecule has 0 saturated heterocycles. The van der Waals surface area contributed by atoms with E-state index in [-0.39, 0.29) is 0 Å². The Balaban J connectivity index is 3.19. The minimum Gasteiger partial charge on any atom is -0.276 e. The number of nitrogens with zero attached hydrogens (tertiary/aromatic N) is 1. The first-order chi connectivity index (χ1) is 3.72. The van der Waals surface area contributed by atoms with Crippen molar-refractivity contribution < 1.29 is 4.68 Å². The maximum atomic E-state index is 5.40. The molecule has 0 fully saturated rings. The molecule has 1 aromatic rings. The Bertz CT molecular complexity index is 174. The van der Waals surface area contributed by atoms with Gasteiger partial charge in [-0.15, -0.1) is 4.68 Å². The summed E-state index contributed by atoms with van der Waals surface area (Å²) in [5, 5.41) is 2.55. The zero-order valence-electron chi connectivity index (χ0n) is 4.59. The predicted molar refractivity (Wildman–Crippen MR) is 33.8 cm³/mol. The third-order valence-corrected chi connectivity index (χ3v) is 1.86. The Hall–Kier alpha value is -0.770. The van der Waals surface area contributed by atoms with Gasteiger partial charge in [0.2, 0.25) is 0 Å². The predicted octanol–water partition coefficient (Wildman–Crippen LogP) is -0.360. The highest BCUT2D eigenvalue weighted by Crippen LogP contribution is 2.04. The van der Waals surface area contributed by atoms with E-state index in [2.05, 4.69) is 0 Å². The van der Waals surface area contributed by atoms with E-state index >= 15 is 0 Å². The summed E-state index contributed by atoms with van der Waals surface area (Å²) < 4.78 is 1.46. The number of anilines is 1. The van der Waals surface area contributed by atoms with Crippen molar-refractivity contribution in [1.82, 2.24) is 0 Å². The fourth-order valence-electron chi connectivity index (χ4n) is 0.433. The first-order valence-corrected chi connectivity index (χ1v) is 3.10. The van der Waals surface area contributed by atoms with Crippen LogP contribution in [0.1, 0.15) is 5.69 Å². The second kappa shape index (κ2) is 1.63. The molecule has 1 heterocycles. The maximum absolute atomic E-state index is 5.40. The molecular weight excluding hydrogens is 122 g/mol. The molecule has 0 bridgehead atoms. The quantitative estimate of drug-likeness (QED) is 0.372. The van der Waals surface area contributed by atoms with Gasteiger partial charge in [-0.05, 0) is 0 Å². The summed E-state index contributed by atoms with van der Waals surface area (Å²) in [6.07, 6.45) is 0. The van der Waals surface area contributed by atoms with Crippen LogP contribution in [0.25, 0.3) is 0 Å². The molecule has 0 saturated carbocycles. The van der Waals surface area contributed by atoms with E-state index in [0.29, 0.717) is 5.13 Å². The van der Waals surface area contributed by atoms with E-state index in [1.807, 2.05) is 12.3 Å². The van der Waals surface area contributed by atoms with E-state index < -0.39 is 0 Å². The summed E-state index contributed by atoms with van der Waals surface area (Å²) in [7, 11) is 0. The van der Waals surface area contributed by atoms with Crippen LogP contribution in [0.5, 0.6) is 0 Å². The van der Waals surface area contributed by atoms with Gasteiger partial charge in [-0.1, -0.05) is 11.3 Å². The first kappa shape index (κ1) is 5.37. The van der Waals surface area contributed by atoms with E-state index in [9.17, 15) is 0 Å². The van der Waals surface area contributed by atoms with Gasteiger partial charge in [-0.25, -0.2) is 0 Å². The average Bonchev–Trinajstić information content (AvgIpc) is 1.98. The molecule has 8 heavy (non-hydrogen) atoms. The largest absolute Gasteiger partial charge is 0.355 e. The van der Waals surface area contributed by atoms with E-state index in [1.165, 1.54) is 16.0 Å². The number of aromatic nitrogens is 1. The van der Waals surface area contributed by atoms with Gasteiger partial charge in [0.25, 0.3) is 0 Å². The van der Waals surface area contributed by atoms with Gasteiger partial charge in [0.05, 0.1) is 0 Å². The van der Waals surface area contributed by atoms with E-state index in [4.69, 9.17) is 11.6 Å². The molecule has 0 amide bonds. The zero-order valence-corrected chi connectivity index (χ0v) is 5.40. The zero-order chi connectivity index (χ0) is 6.15. The van der Waals surface area contributed by atoms with Crippen LogP contribution in [0.3, 0.4) is 0 Å². The van der Waals surface area contributed by atoms with Crippen molar-refractivity contribution in [2.75, 3.05) is 11.6 Å². The lowest BCUT2D eigenvalue weighted by atomic mass is 10.6. The smallest absolute Gasteiger partial charge is 0.276 e. The summed E-state index contributed by atoms with van der Waals surface area (Å²) >= 11 is 1.45. The van der Waals surface area contributed by atoms with Crippen LogP contribution < -0.4 is 16.3 Å². The van der Waals surface area contributed by atoms with Crippen LogP contribution in [0.2, 0.25) is 0 Å².